The molecule has 2 aliphatic rings. The van der Waals surface area contributed by atoms with Crippen LogP contribution in [0.3, 0.4) is 0 Å². The Morgan fingerprint density at radius 3 is 3.21 bits per heavy atom. The Bertz CT molecular complexity index is 314. The molecule has 3 rings (SSSR count). The molecule has 1 aliphatic carbocycles. The van der Waals surface area contributed by atoms with Gasteiger partial charge in [-0.15, -0.1) is 0 Å². The summed E-state index contributed by atoms with van der Waals surface area (Å²) in [6.45, 7) is 3.64. The van der Waals surface area contributed by atoms with Gasteiger partial charge in [0.1, 0.15) is 0 Å². The summed E-state index contributed by atoms with van der Waals surface area (Å²) in [7, 11) is 0. The summed E-state index contributed by atoms with van der Waals surface area (Å²) in [5.41, 5.74) is 2.77. The van der Waals surface area contributed by atoms with E-state index in [2.05, 4.69) is 15.1 Å². The van der Waals surface area contributed by atoms with Crippen molar-refractivity contribution in [2.45, 2.75) is 32.2 Å². The van der Waals surface area contributed by atoms with Gasteiger partial charge in [-0.2, -0.15) is 5.10 Å². The molecule has 0 saturated heterocycles. The topological polar surface area (TPSA) is 31.9 Å². The highest BCUT2D eigenvalue weighted by Crippen LogP contribution is 2.28. The quantitative estimate of drug-likeness (QED) is 0.769. The van der Waals surface area contributed by atoms with Gasteiger partial charge in [0.2, 0.25) is 0 Å². The van der Waals surface area contributed by atoms with Crippen molar-refractivity contribution in [1.29, 1.82) is 0 Å². The molecular weight excluding hydrogens is 174 g/mol. The van der Waals surface area contributed by atoms with Gasteiger partial charge in [0.05, 0.1) is 6.20 Å². The van der Waals surface area contributed by atoms with Crippen molar-refractivity contribution in [3.05, 3.63) is 17.5 Å². The lowest BCUT2D eigenvalue weighted by Gasteiger charge is -2.34. The monoisotopic (exact) mass is 191 g/mol. The van der Waals surface area contributed by atoms with Crippen molar-refractivity contribution in [3.8, 4) is 0 Å². The number of hydrogen-bond acceptors (Lipinski definition) is 2. The Morgan fingerprint density at radius 2 is 2.43 bits per heavy atom. The fraction of sp³-hybridized carbons (Fsp3) is 0.727. The molecule has 1 N–H and O–H groups in total. The minimum absolute atomic E-state index is 0.989. The molecule has 2 heterocycles. The molecular formula is C11H17N3. The van der Waals surface area contributed by atoms with E-state index in [1.165, 1.54) is 43.6 Å². The average Bonchev–Trinajstić information content (AvgIpc) is 2.58. The van der Waals surface area contributed by atoms with Crippen LogP contribution < -0.4 is 0 Å². The van der Waals surface area contributed by atoms with Gasteiger partial charge in [-0.1, -0.05) is 6.42 Å². The van der Waals surface area contributed by atoms with E-state index in [0.717, 1.165) is 18.9 Å². The van der Waals surface area contributed by atoms with Gasteiger partial charge in [-0.3, -0.25) is 10.00 Å². The standard InChI is InChI=1S/C11H17N3/c1-2-9(3-1)7-14-5-4-11-10(8-14)6-12-13-11/h6,9H,1-5,7-8H2,(H,12,13). The molecule has 1 aromatic heterocycles. The van der Waals surface area contributed by atoms with E-state index in [1.807, 2.05) is 6.20 Å². The molecule has 1 saturated carbocycles. The van der Waals surface area contributed by atoms with Gasteiger partial charge in [0.15, 0.2) is 0 Å². The Hall–Kier alpha value is -0.830. The fourth-order valence-electron chi connectivity index (χ4n) is 2.48. The van der Waals surface area contributed by atoms with Crippen LogP contribution in [0.1, 0.15) is 30.5 Å². The number of nitrogens with zero attached hydrogens (tertiary/aromatic N) is 2. The van der Waals surface area contributed by atoms with Crippen molar-refractivity contribution in [3.63, 3.8) is 0 Å². The third kappa shape index (κ3) is 1.46. The first kappa shape index (κ1) is 8.48. The first-order chi connectivity index (χ1) is 6.92. The number of fused-ring (bicyclic) bond motifs is 1. The number of aromatic amines is 1. The van der Waals surface area contributed by atoms with Crippen LogP contribution in [0.25, 0.3) is 0 Å². The van der Waals surface area contributed by atoms with Crippen molar-refractivity contribution in [2.24, 2.45) is 5.92 Å². The molecule has 0 spiro atoms. The highest BCUT2D eigenvalue weighted by atomic mass is 15.2. The molecule has 3 nitrogen and oxygen atoms in total. The molecule has 1 aromatic rings. The van der Waals surface area contributed by atoms with Crippen LogP contribution in [0.2, 0.25) is 0 Å². The van der Waals surface area contributed by atoms with Crippen LogP contribution in [0.5, 0.6) is 0 Å². The lowest BCUT2D eigenvalue weighted by Crippen LogP contribution is -2.36. The minimum atomic E-state index is 0.989. The lowest BCUT2D eigenvalue weighted by molar-refractivity contribution is 0.165. The zero-order chi connectivity index (χ0) is 9.38. The van der Waals surface area contributed by atoms with Gasteiger partial charge in [0, 0.05) is 37.3 Å². The lowest BCUT2D eigenvalue weighted by atomic mass is 9.85. The minimum Gasteiger partial charge on any atom is -0.298 e. The molecule has 14 heavy (non-hydrogen) atoms. The maximum atomic E-state index is 4.10. The molecule has 76 valence electrons. The summed E-state index contributed by atoms with van der Waals surface area (Å²) >= 11 is 0. The number of hydrogen-bond donors (Lipinski definition) is 1. The Balaban J connectivity index is 1.63. The SMILES string of the molecule is c1n[nH]c2c1CN(CC1CCC1)CC2. The van der Waals surface area contributed by atoms with E-state index < -0.39 is 0 Å². The second-order valence-corrected chi connectivity index (χ2v) is 4.66. The summed E-state index contributed by atoms with van der Waals surface area (Å²) in [6.07, 6.45) is 7.50. The van der Waals surface area contributed by atoms with Crippen molar-refractivity contribution >= 4 is 0 Å². The van der Waals surface area contributed by atoms with E-state index in [9.17, 15) is 0 Å². The van der Waals surface area contributed by atoms with Crippen LogP contribution in [0.15, 0.2) is 6.20 Å². The largest absolute Gasteiger partial charge is 0.298 e. The van der Waals surface area contributed by atoms with Gasteiger partial charge < -0.3 is 0 Å². The number of H-pyrrole nitrogens is 1. The summed E-state index contributed by atoms with van der Waals surface area (Å²) in [5, 5.41) is 7.18. The highest BCUT2D eigenvalue weighted by Gasteiger charge is 2.23. The second-order valence-electron chi connectivity index (χ2n) is 4.66. The van der Waals surface area contributed by atoms with Crippen LogP contribution in [-0.4, -0.2) is 28.2 Å². The molecule has 1 aliphatic heterocycles. The third-order valence-corrected chi connectivity index (χ3v) is 3.62. The molecule has 0 aromatic carbocycles. The highest BCUT2D eigenvalue weighted by molar-refractivity contribution is 5.18. The van der Waals surface area contributed by atoms with E-state index in [-0.39, 0.29) is 0 Å². The molecule has 0 radical (unpaired) electrons. The average molecular weight is 191 g/mol. The predicted molar refractivity (Wildman–Crippen MR) is 54.9 cm³/mol. The molecule has 0 unspecified atom stereocenters. The zero-order valence-corrected chi connectivity index (χ0v) is 8.50. The van der Waals surface area contributed by atoms with Crippen LogP contribution >= 0.6 is 0 Å². The van der Waals surface area contributed by atoms with Crippen molar-refractivity contribution in [2.75, 3.05) is 13.1 Å². The zero-order valence-electron chi connectivity index (χ0n) is 8.50. The van der Waals surface area contributed by atoms with Crippen LogP contribution in [0.4, 0.5) is 0 Å². The predicted octanol–water partition coefficient (Wildman–Crippen LogP) is 1.57. The summed E-state index contributed by atoms with van der Waals surface area (Å²) < 4.78 is 0. The second kappa shape index (κ2) is 3.39. The fourth-order valence-corrected chi connectivity index (χ4v) is 2.48. The Kier molecular flexibility index (Phi) is 2.05. The van der Waals surface area contributed by atoms with Crippen molar-refractivity contribution in [1.82, 2.24) is 15.1 Å². The van der Waals surface area contributed by atoms with Gasteiger partial charge in [0.25, 0.3) is 0 Å². The Labute approximate surface area is 84.5 Å². The van der Waals surface area contributed by atoms with Crippen LogP contribution in [0, 0.1) is 5.92 Å². The molecule has 0 amide bonds. The van der Waals surface area contributed by atoms with E-state index in [1.54, 1.807) is 0 Å². The van der Waals surface area contributed by atoms with Gasteiger partial charge in [-0.25, -0.2) is 0 Å². The maximum Gasteiger partial charge on any atom is 0.0535 e. The van der Waals surface area contributed by atoms with E-state index >= 15 is 0 Å². The molecule has 0 bridgehead atoms. The van der Waals surface area contributed by atoms with Crippen molar-refractivity contribution < 1.29 is 0 Å². The third-order valence-electron chi connectivity index (χ3n) is 3.62. The van der Waals surface area contributed by atoms with Gasteiger partial charge >= 0.3 is 0 Å². The number of aromatic nitrogens is 2. The summed E-state index contributed by atoms with van der Waals surface area (Å²) in [4.78, 5) is 2.58. The summed E-state index contributed by atoms with van der Waals surface area (Å²) in [6, 6.07) is 0. The smallest absolute Gasteiger partial charge is 0.0535 e. The first-order valence-electron chi connectivity index (χ1n) is 5.65. The van der Waals surface area contributed by atoms with Gasteiger partial charge in [-0.05, 0) is 18.8 Å². The van der Waals surface area contributed by atoms with E-state index in [4.69, 9.17) is 0 Å². The molecule has 0 atom stereocenters. The maximum absolute atomic E-state index is 4.10. The normalized spacial score (nSPS) is 23.1. The van der Waals surface area contributed by atoms with Crippen LogP contribution in [-0.2, 0) is 13.0 Å². The number of nitrogens with one attached hydrogen (secondary N) is 1. The van der Waals surface area contributed by atoms with E-state index in [0.29, 0.717) is 0 Å². The number of rotatable bonds is 2. The molecule has 3 heteroatoms. The molecule has 1 fully saturated rings. The first-order valence-corrected chi connectivity index (χ1v) is 5.65. The summed E-state index contributed by atoms with van der Waals surface area (Å²) in [5.74, 6) is 0.989. The Morgan fingerprint density at radius 1 is 1.50 bits per heavy atom.